The highest BCUT2D eigenvalue weighted by Gasteiger charge is 2.08. The van der Waals surface area contributed by atoms with E-state index in [4.69, 9.17) is 16.3 Å². The van der Waals surface area contributed by atoms with Gasteiger partial charge in [-0.2, -0.15) is 5.10 Å². The average Bonchev–Trinajstić information content (AvgIpc) is 2.96. The molecule has 0 aliphatic carbocycles. The third-order valence-electron chi connectivity index (χ3n) is 2.63. The Morgan fingerprint density at radius 3 is 3.10 bits per heavy atom. The van der Waals surface area contributed by atoms with Crippen LogP contribution in [0.2, 0.25) is 5.02 Å². The van der Waals surface area contributed by atoms with Crippen LogP contribution in [0.15, 0.2) is 22.6 Å². The molecule has 0 amide bonds. The number of thiazole rings is 1. The predicted molar refractivity (Wildman–Crippen MR) is 79.7 cm³/mol. The van der Waals surface area contributed by atoms with Crippen LogP contribution in [0.4, 0.5) is 5.69 Å². The summed E-state index contributed by atoms with van der Waals surface area (Å²) in [5.41, 5.74) is 0.227. The van der Waals surface area contributed by atoms with E-state index in [1.807, 2.05) is 5.38 Å². The Bertz CT molecular complexity index is 600. The minimum absolute atomic E-state index is 0.148. The number of methoxy groups -OCH3 is 1. The highest BCUT2D eigenvalue weighted by atomic mass is 35.5. The lowest BCUT2D eigenvalue weighted by molar-refractivity contribution is 0.182. The fourth-order valence-electron chi connectivity index (χ4n) is 1.61. The number of anilines is 1. The van der Waals surface area contributed by atoms with Gasteiger partial charge in [0.1, 0.15) is 5.02 Å². The third-order valence-corrected chi connectivity index (χ3v) is 3.83. The first-order valence-electron chi connectivity index (χ1n) is 6.09. The van der Waals surface area contributed by atoms with Gasteiger partial charge in [-0.15, -0.1) is 11.3 Å². The van der Waals surface area contributed by atoms with Gasteiger partial charge in [-0.05, 0) is 0 Å². The van der Waals surface area contributed by atoms with Gasteiger partial charge in [0.2, 0.25) is 0 Å². The molecule has 2 rings (SSSR count). The zero-order valence-electron chi connectivity index (χ0n) is 11.0. The molecule has 20 heavy (non-hydrogen) atoms. The van der Waals surface area contributed by atoms with Crippen molar-refractivity contribution in [1.29, 1.82) is 0 Å². The molecule has 1 N–H and O–H groups in total. The van der Waals surface area contributed by atoms with Gasteiger partial charge >= 0.3 is 0 Å². The lowest BCUT2D eigenvalue weighted by Crippen LogP contribution is -2.26. The Balaban J connectivity index is 1.98. The summed E-state index contributed by atoms with van der Waals surface area (Å²) in [6.07, 6.45) is 4.10. The number of ether oxygens (including phenoxy) is 1. The molecule has 2 aromatic heterocycles. The van der Waals surface area contributed by atoms with Crippen LogP contribution < -0.4 is 10.9 Å². The van der Waals surface area contributed by atoms with Crippen LogP contribution in [0.5, 0.6) is 0 Å². The van der Waals surface area contributed by atoms with Crippen LogP contribution in [0, 0.1) is 0 Å². The van der Waals surface area contributed by atoms with Gasteiger partial charge in [0.15, 0.2) is 0 Å². The topological polar surface area (TPSA) is 69.0 Å². The van der Waals surface area contributed by atoms with Crippen LogP contribution in [-0.4, -0.2) is 35.0 Å². The first-order valence-corrected chi connectivity index (χ1v) is 7.35. The van der Waals surface area contributed by atoms with Crippen molar-refractivity contribution >= 4 is 28.6 Å². The molecule has 6 nitrogen and oxygen atoms in total. The Kier molecular flexibility index (Phi) is 5.51. The minimum Gasteiger partial charge on any atom is -0.383 e. The van der Waals surface area contributed by atoms with Gasteiger partial charge < -0.3 is 10.1 Å². The predicted octanol–water partition coefficient (Wildman–Crippen LogP) is 1.65. The second-order valence-corrected chi connectivity index (χ2v) is 5.35. The van der Waals surface area contributed by atoms with E-state index in [0.29, 0.717) is 25.4 Å². The van der Waals surface area contributed by atoms with Crippen molar-refractivity contribution < 1.29 is 4.74 Å². The molecule has 0 aliphatic rings. The summed E-state index contributed by atoms with van der Waals surface area (Å²) in [4.78, 5) is 16.1. The summed E-state index contributed by atoms with van der Waals surface area (Å²) in [5, 5.41) is 10.3. The number of hydrogen-bond acceptors (Lipinski definition) is 6. The first kappa shape index (κ1) is 15.0. The van der Waals surface area contributed by atoms with Crippen LogP contribution in [0.3, 0.4) is 0 Å². The number of nitrogens with zero attached hydrogens (tertiary/aromatic N) is 3. The molecule has 0 spiro atoms. The zero-order chi connectivity index (χ0) is 14.4. The van der Waals surface area contributed by atoms with E-state index in [9.17, 15) is 4.79 Å². The van der Waals surface area contributed by atoms with Crippen LogP contribution in [0.1, 0.15) is 5.01 Å². The van der Waals surface area contributed by atoms with Crippen LogP contribution in [0.25, 0.3) is 0 Å². The molecule has 0 aromatic carbocycles. The normalized spacial score (nSPS) is 10.7. The van der Waals surface area contributed by atoms with E-state index in [0.717, 1.165) is 11.4 Å². The summed E-state index contributed by atoms with van der Waals surface area (Å²) in [6, 6.07) is 0. The van der Waals surface area contributed by atoms with Crippen LogP contribution >= 0.6 is 22.9 Å². The Labute approximate surface area is 125 Å². The summed E-state index contributed by atoms with van der Waals surface area (Å²) in [6.45, 7) is 1.45. The molecule has 0 aliphatic heterocycles. The van der Waals surface area contributed by atoms with E-state index in [2.05, 4.69) is 15.4 Å². The van der Waals surface area contributed by atoms with Gasteiger partial charge in [-0.25, -0.2) is 9.67 Å². The molecule has 108 valence electrons. The largest absolute Gasteiger partial charge is 0.383 e. The molecular formula is C12H15ClN4O2S. The second-order valence-electron chi connectivity index (χ2n) is 4.00. The summed E-state index contributed by atoms with van der Waals surface area (Å²) >= 11 is 7.65. The smallest absolute Gasteiger partial charge is 0.287 e. The van der Waals surface area contributed by atoms with Gasteiger partial charge in [-0.3, -0.25) is 4.79 Å². The maximum Gasteiger partial charge on any atom is 0.287 e. The number of nitrogens with one attached hydrogen (secondary N) is 1. The van der Waals surface area contributed by atoms with E-state index < -0.39 is 0 Å². The van der Waals surface area contributed by atoms with E-state index >= 15 is 0 Å². The first-order chi connectivity index (χ1) is 9.72. The Morgan fingerprint density at radius 2 is 2.40 bits per heavy atom. The van der Waals surface area contributed by atoms with Gasteiger partial charge in [0, 0.05) is 31.7 Å². The van der Waals surface area contributed by atoms with Gasteiger partial charge in [0.05, 0.1) is 30.0 Å². The molecular weight excluding hydrogens is 300 g/mol. The van der Waals surface area contributed by atoms with E-state index in [1.165, 1.54) is 4.68 Å². The van der Waals surface area contributed by atoms with Crippen molar-refractivity contribution in [3.05, 3.63) is 38.2 Å². The molecule has 0 atom stereocenters. The van der Waals surface area contributed by atoms with E-state index in [1.54, 1.807) is 30.8 Å². The van der Waals surface area contributed by atoms with Gasteiger partial charge in [-0.1, -0.05) is 11.6 Å². The summed E-state index contributed by atoms with van der Waals surface area (Å²) in [5.74, 6) is 0. The molecule has 2 aromatic rings. The highest BCUT2D eigenvalue weighted by Crippen LogP contribution is 2.15. The summed E-state index contributed by atoms with van der Waals surface area (Å²) < 4.78 is 6.20. The maximum absolute atomic E-state index is 11.9. The maximum atomic E-state index is 11.9. The molecule has 0 bridgehead atoms. The summed E-state index contributed by atoms with van der Waals surface area (Å²) in [7, 11) is 1.57. The molecule has 0 unspecified atom stereocenters. The molecule has 8 heteroatoms. The average molecular weight is 315 g/mol. The quantitative estimate of drug-likeness (QED) is 0.841. The lowest BCUT2D eigenvalue weighted by Gasteiger charge is -2.09. The van der Waals surface area contributed by atoms with Crippen molar-refractivity contribution in [1.82, 2.24) is 14.8 Å². The SMILES string of the molecule is COCCn1ncc(NCCc2nccs2)c(Cl)c1=O. The molecule has 2 heterocycles. The fourth-order valence-corrected chi connectivity index (χ4v) is 2.44. The van der Waals surface area contributed by atoms with Crippen molar-refractivity contribution in [2.75, 3.05) is 25.6 Å². The van der Waals surface area contributed by atoms with Gasteiger partial charge in [0.25, 0.3) is 5.56 Å². The fraction of sp³-hybridized carbons (Fsp3) is 0.417. The van der Waals surface area contributed by atoms with E-state index in [-0.39, 0.29) is 10.6 Å². The minimum atomic E-state index is -0.317. The molecule has 0 radical (unpaired) electrons. The van der Waals surface area contributed by atoms with Crippen molar-refractivity contribution in [2.24, 2.45) is 0 Å². The second kappa shape index (κ2) is 7.37. The number of rotatable bonds is 7. The zero-order valence-corrected chi connectivity index (χ0v) is 12.6. The third kappa shape index (κ3) is 3.78. The lowest BCUT2D eigenvalue weighted by atomic mass is 10.4. The Morgan fingerprint density at radius 1 is 1.55 bits per heavy atom. The Hall–Kier alpha value is -1.44. The van der Waals surface area contributed by atoms with Crippen LogP contribution in [-0.2, 0) is 17.7 Å². The number of halogens is 1. The number of aromatic nitrogens is 3. The van der Waals surface area contributed by atoms with Crippen molar-refractivity contribution in [3.63, 3.8) is 0 Å². The molecule has 0 fully saturated rings. The van der Waals surface area contributed by atoms with Crippen molar-refractivity contribution in [2.45, 2.75) is 13.0 Å². The number of hydrogen-bond donors (Lipinski definition) is 1. The molecule has 0 saturated heterocycles. The molecule has 0 saturated carbocycles. The standard InChI is InChI=1S/C12H15ClN4O2S/c1-19-6-5-17-12(18)11(13)9(8-16-17)14-3-2-10-15-4-7-20-10/h4,7-8,14H,2-3,5-6H2,1H3. The highest BCUT2D eigenvalue weighted by molar-refractivity contribution is 7.09. The van der Waals surface area contributed by atoms with Crippen molar-refractivity contribution in [3.8, 4) is 0 Å². The monoisotopic (exact) mass is 314 g/mol.